The molecule has 154 valence electrons. The molecule has 0 amide bonds. The molecule has 0 saturated carbocycles. The fraction of sp³-hybridized carbons (Fsp3) is 0.0588. The van der Waals surface area contributed by atoms with E-state index in [1.807, 2.05) is 0 Å². The summed E-state index contributed by atoms with van der Waals surface area (Å²) in [6, 6.07) is 8.70. The highest BCUT2D eigenvalue weighted by molar-refractivity contribution is 6.05. The predicted octanol–water partition coefficient (Wildman–Crippen LogP) is 1.17. The van der Waals surface area contributed by atoms with Crippen LogP contribution in [0, 0.1) is 9.93 Å². The first-order valence-corrected chi connectivity index (χ1v) is 7.25. The summed E-state index contributed by atoms with van der Waals surface area (Å²) in [7, 11) is 0. The Morgan fingerprint density at radius 2 is 1.31 bits per heavy atom. The van der Waals surface area contributed by atoms with Gasteiger partial charge in [-0.2, -0.15) is 0 Å². The van der Waals surface area contributed by atoms with Crippen molar-refractivity contribution in [3.63, 3.8) is 0 Å². The molecule has 0 bridgehead atoms. The second-order valence-corrected chi connectivity index (χ2v) is 5.06. The third-order valence-corrected chi connectivity index (χ3v) is 3.40. The maximum Gasteiger partial charge on any atom is 0.338 e. The molecule has 0 fully saturated rings. The number of hydrogen-bond donors (Lipinski definition) is 6. The molecule has 12 heteroatoms. The summed E-state index contributed by atoms with van der Waals surface area (Å²) in [4.78, 5) is 57.6. The van der Waals surface area contributed by atoms with Crippen molar-refractivity contribution in [1.82, 2.24) is 10.2 Å². The number of carboxylic acid groups (broad SMARTS) is 2. The zero-order valence-corrected chi connectivity index (χ0v) is 14.0. The van der Waals surface area contributed by atoms with Crippen molar-refractivity contribution in [3.05, 3.63) is 78.2 Å². The van der Waals surface area contributed by atoms with Crippen molar-refractivity contribution >= 4 is 34.1 Å². The van der Waals surface area contributed by atoms with Gasteiger partial charge in [-0.1, -0.05) is 19.6 Å². The van der Waals surface area contributed by atoms with Crippen molar-refractivity contribution in [2.24, 2.45) is 0 Å². The third kappa shape index (κ3) is 5.50. The second kappa shape index (κ2) is 10.6. The molecule has 0 radical (unpaired) electrons. The summed E-state index contributed by atoms with van der Waals surface area (Å²) >= 11 is 0. The van der Waals surface area contributed by atoms with Crippen molar-refractivity contribution in [3.8, 4) is 0 Å². The molecule has 0 aliphatic heterocycles. The van der Waals surface area contributed by atoms with Crippen LogP contribution in [0.2, 0.25) is 0 Å². The molecule has 0 aliphatic rings. The van der Waals surface area contributed by atoms with E-state index in [1.54, 1.807) is 18.2 Å². The minimum absolute atomic E-state index is 0. The first-order valence-electron chi connectivity index (χ1n) is 7.25. The minimum atomic E-state index is -1.34. The molecule has 3 rings (SSSR count). The molecule has 0 aliphatic carbocycles. The smallest absolute Gasteiger partial charge is 0.338 e. The van der Waals surface area contributed by atoms with Gasteiger partial charge in [0, 0.05) is 21.3 Å². The number of hydrogen-bond acceptors (Lipinski definition) is 8. The molecule has 1 aromatic heterocycles. The topological polar surface area (TPSA) is 226 Å². The van der Waals surface area contributed by atoms with Gasteiger partial charge in [0.15, 0.2) is 0 Å². The van der Waals surface area contributed by atoms with Gasteiger partial charge in [0.2, 0.25) is 0 Å². The highest BCUT2D eigenvalue weighted by Crippen LogP contribution is 2.16. The Balaban J connectivity index is 0.000000483. The van der Waals surface area contributed by atoms with E-state index in [2.05, 4.69) is 10.2 Å². The summed E-state index contributed by atoms with van der Waals surface area (Å²) in [5.74, 6) is -2.64. The number of nitrogen functional groups attached to an aromatic ring is 2. The molecule has 2 aromatic carbocycles. The predicted molar refractivity (Wildman–Crippen MR) is 108 cm³/mol. The Hall–Kier alpha value is -4.48. The lowest BCUT2D eigenvalue weighted by molar-refractivity contribution is 0.0652. The van der Waals surface area contributed by atoms with E-state index in [0.29, 0.717) is 11.1 Å². The SMILES string of the molecule is C.Nc1cccc(C(=O)O)c1C(=O)O.Nc1cccc2c(=O)[nH][nH]c(=O)c12.O=O. The number of benzene rings is 2. The molecule has 0 spiro atoms. The average molecular weight is 406 g/mol. The summed E-state index contributed by atoms with van der Waals surface area (Å²) in [5, 5.41) is 22.3. The number of fused-ring (bicyclic) bond motifs is 1. The highest BCUT2D eigenvalue weighted by Gasteiger charge is 2.17. The average Bonchev–Trinajstić information content (AvgIpc) is 2.66. The van der Waals surface area contributed by atoms with Crippen LogP contribution in [0.3, 0.4) is 0 Å². The normalized spacial score (nSPS) is 9.10. The van der Waals surface area contributed by atoms with Gasteiger partial charge in [-0.15, -0.1) is 0 Å². The van der Waals surface area contributed by atoms with Gasteiger partial charge in [0.1, 0.15) is 0 Å². The Morgan fingerprint density at radius 1 is 0.793 bits per heavy atom. The van der Waals surface area contributed by atoms with E-state index in [0.717, 1.165) is 0 Å². The number of H-pyrrole nitrogens is 2. The molecule has 3 aromatic rings. The number of rotatable bonds is 2. The third-order valence-electron chi connectivity index (χ3n) is 3.40. The Kier molecular flexibility index (Phi) is 8.98. The van der Waals surface area contributed by atoms with Gasteiger partial charge in [-0.3, -0.25) is 19.8 Å². The number of nitrogens with two attached hydrogens (primary N) is 2. The highest BCUT2D eigenvalue weighted by atomic mass is 16.7. The van der Waals surface area contributed by atoms with Crippen LogP contribution in [0.25, 0.3) is 10.8 Å². The number of aromatic amines is 2. The van der Waals surface area contributed by atoms with E-state index in [-0.39, 0.29) is 40.7 Å². The van der Waals surface area contributed by atoms with E-state index < -0.39 is 11.9 Å². The largest absolute Gasteiger partial charge is 0.478 e. The van der Waals surface area contributed by atoms with E-state index in [1.165, 1.54) is 18.2 Å². The lowest BCUT2D eigenvalue weighted by atomic mass is 10.1. The summed E-state index contributed by atoms with van der Waals surface area (Å²) in [6.07, 6.45) is 0. The van der Waals surface area contributed by atoms with Gasteiger partial charge in [-0.25, -0.2) is 9.59 Å². The van der Waals surface area contributed by atoms with Gasteiger partial charge in [0.05, 0.1) is 21.9 Å². The van der Waals surface area contributed by atoms with Crippen LogP contribution in [0.5, 0.6) is 0 Å². The summed E-state index contributed by atoms with van der Waals surface area (Å²) in [6.45, 7) is 0. The molecule has 0 atom stereocenters. The Bertz CT molecular complexity index is 1140. The zero-order valence-electron chi connectivity index (χ0n) is 14.0. The van der Waals surface area contributed by atoms with Gasteiger partial charge >= 0.3 is 11.9 Å². The van der Waals surface area contributed by atoms with Crippen molar-refractivity contribution in [2.75, 3.05) is 11.5 Å². The van der Waals surface area contributed by atoms with Crippen LogP contribution in [-0.2, 0) is 0 Å². The number of carboxylic acids is 2. The van der Waals surface area contributed by atoms with Crippen LogP contribution >= 0.6 is 0 Å². The summed E-state index contributed by atoms with van der Waals surface area (Å²) in [5.41, 5.74) is 9.74. The van der Waals surface area contributed by atoms with Crippen molar-refractivity contribution in [1.29, 1.82) is 0 Å². The maximum atomic E-state index is 11.2. The van der Waals surface area contributed by atoms with Gasteiger partial charge < -0.3 is 21.7 Å². The molecule has 0 unspecified atom stereocenters. The van der Waals surface area contributed by atoms with Crippen molar-refractivity contribution < 1.29 is 19.8 Å². The molecule has 0 saturated heterocycles. The molecule has 8 N–H and O–H groups in total. The summed E-state index contributed by atoms with van der Waals surface area (Å²) < 4.78 is 0. The van der Waals surface area contributed by atoms with Crippen LogP contribution in [0.1, 0.15) is 28.1 Å². The quantitative estimate of drug-likeness (QED) is 0.333. The van der Waals surface area contributed by atoms with E-state index >= 15 is 0 Å². The molecular weight excluding hydrogens is 388 g/mol. The van der Waals surface area contributed by atoms with E-state index in [9.17, 15) is 19.2 Å². The van der Waals surface area contributed by atoms with Gasteiger partial charge in [-0.05, 0) is 24.3 Å². The fourth-order valence-electron chi connectivity index (χ4n) is 2.24. The minimum Gasteiger partial charge on any atom is -0.478 e. The van der Waals surface area contributed by atoms with E-state index in [4.69, 9.17) is 31.6 Å². The lowest BCUT2D eigenvalue weighted by Crippen LogP contribution is -2.19. The first-order chi connectivity index (χ1) is 13.2. The standard InChI is InChI=1S/C8H7N3O2.C8H7NO4.CH4.O2/c9-5-3-1-2-4-6(5)8(13)11-10-7(4)12;9-5-3-1-2-4(7(10)11)6(5)8(12)13;;1-2/h1-3H,9H2,(H,10,12)(H,11,13);1-3H,9H2,(H,10,11)(H,12,13);1H4;. The molecule has 1 heterocycles. The first kappa shape index (κ1) is 24.5. The Morgan fingerprint density at radius 3 is 1.79 bits per heavy atom. The molecule has 29 heavy (non-hydrogen) atoms. The number of carbonyl (C=O) groups is 2. The number of anilines is 2. The van der Waals surface area contributed by atoms with Crippen LogP contribution in [0.15, 0.2) is 46.0 Å². The lowest BCUT2D eigenvalue weighted by Gasteiger charge is -2.03. The number of aromatic nitrogens is 2. The monoisotopic (exact) mass is 406 g/mol. The number of aromatic carboxylic acids is 2. The maximum absolute atomic E-state index is 11.2. The number of nitrogens with one attached hydrogen (secondary N) is 2. The molecular formula is C17H18N4O8. The van der Waals surface area contributed by atoms with Crippen LogP contribution in [0.4, 0.5) is 11.4 Å². The van der Waals surface area contributed by atoms with Gasteiger partial charge in [0.25, 0.3) is 11.1 Å². The second-order valence-electron chi connectivity index (χ2n) is 5.06. The zero-order chi connectivity index (χ0) is 21.4. The Labute approximate surface area is 162 Å². The fourth-order valence-corrected chi connectivity index (χ4v) is 2.24. The van der Waals surface area contributed by atoms with Crippen molar-refractivity contribution in [2.45, 2.75) is 7.43 Å². The van der Waals surface area contributed by atoms with Crippen LogP contribution < -0.4 is 22.6 Å². The van der Waals surface area contributed by atoms with Crippen LogP contribution in [-0.4, -0.2) is 32.3 Å². The molecule has 12 nitrogen and oxygen atoms in total.